The maximum atomic E-state index is 13.0. The molecule has 0 fully saturated rings. The number of thiophene rings is 1. The van der Waals surface area contributed by atoms with Gasteiger partial charge in [-0.2, -0.15) is 5.10 Å². The van der Waals surface area contributed by atoms with Crippen LogP contribution in [0, 0.1) is 0 Å². The van der Waals surface area contributed by atoms with Crippen molar-refractivity contribution in [1.82, 2.24) is 20.1 Å². The van der Waals surface area contributed by atoms with Gasteiger partial charge in [0, 0.05) is 34.1 Å². The first kappa shape index (κ1) is 18.3. The van der Waals surface area contributed by atoms with E-state index >= 15 is 0 Å². The summed E-state index contributed by atoms with van der Waals surface area (Å²) < 4.78 is 2.81. The van der Waals surface area contributed by atoms with Crippen molar-refractivity contribution in [3.05, 3.63) is 51.9 Å². The first-order valence-electron chi connectivity index (χ1n) is 9.15. The molecule has 3 aromatic heterocycles. The van der Waals surface area contributed by atoms with Crippen LogP contribution in [-0.2, 0) is 12.0 Å². The van der Waals surface area contributed by atoms with Crippen molar-refractivity contribution < 1.29 is 4.79 Å². The smallest absolute Gasteiger partial charge is 0.253 e. The van der Waals surface area contributed by atoms with E-state index in [1.165, 1.54) is 17.0 Å². The highest BCUT2D eigenvalue weighted by Gasteiger charge is 2.29. The molecule has 3 aromatic rings. The molecule has 1 atom stereocenters. The largest absolute Gasteiger partial charge is 0.366 e. The van der Waals surface area contributed by atoms with E-state index in [1.54, 1.807) is 6.20 Å². The zero-order valence-electron chi connectivity index (χ0n) is 15.7. The Morgan fingerprint density at radius 3 is 2.89 bits per heavy atom. The Hall–Kier alpha value is -2.05. The van der Waals surface area contributed by atoms with Crippen molar-refractivity contribution in [3.8, 4) is 10.4 Å². The maximum absolute atomic E-state index is 13.0. The third-order valence-corrected chi connectivity index (χ3v) is 6.22. The minimum atomic E-state index is -0.0721. The quantitative estimate of drug-likeness (QED) is 0.635. The van der Waals surface area contributed by atoms with Crippen LogP contribution < -0.4 is 5.32 Å². The summed E-state index contributed by atoms with van der Waals surface area (Å²) in [5.41, 5.74) is 3.83. The summed E-state index contributed by atoms with van der Waals surface area (Å²) in [4.78, 5) is 17.0. The fourth-order valence-corrected chi connectivity index (χ4v) is 4.81. The van der Waals surface area contributed by atoms with Gasteiger partial charge in [-0.25, -0.2) is 0 Å². The van der Waals surface area contributed by atoms with Gasteiger partial charge in [0.1, 0.15) is 0 Å². The number of carbonyl (C=O) groups excluding carboxylic acids is 1. The van der Waals surface area contributed by atoms with E-state index in [1.807, 2.05) is 24.5 Å². The normalized spacial score (nSPS) is 17.0. The Balaban J connectivity index is 1.59. The molecule has 142 valence electrons. The minimum Gasteiger partial charge on any atom is -0.366 e. The molecule has 2 N–H and O–H groups in total. The number of rotatable bonds is 3. The summed E-state index contributed by atoms with van der Waals surface area (Å²) in [7, 11) is 0. The Morgan fingerprint density at radius 2 is 2.19 bits per heavy atom. The summed E-state index contributed by atoms with van der Waals surface area (Å²) in [6, 6.07) is 3.79. The average Bonchev–Trinajstić information content (AvgIpc) is 3.32. The number of nitrogens with zero attached hydrogens (tertiary/aromatic N) is 2. The van der Waals surface area contributed by atoms with Crippen molar-refractivity contribution in [1.29, 1.82) is 0 Å². The van der Waals surface area contributed by atoms with Crippen LogP contribution in [0.4, 0.5) is 0 Å². The number of hydrogen-bond acceptors (Lipinski definition) is 3. The van der Waals surface area contributed by atoms with E-state index in [0.717, 1.165) is 35.3 Å². The molecule has 27 heavy (non-hydrogen) atoms. The Bertz CT molecular complexity index is 978. The summed E-state index contributed by atoms with van der Waals surface area (Å²) in [5.74, 6) is -0.0721. The lowest BCUT2D eigenvalue weighted by Crippen LogP contribution is -2.32. The summed E-state index contributed by atoms with van der Waals surface area (Å²) in [5, 5.41) is 7.82. The van der Waals surface area contributed by atoms with Crippen LogP contribution in [0.1, 0.15) is 61.3 Å². The van der Waals surface area contributed by atoms with Gasteiger partial charge in [0.15, 0.2) is 0 Å². The monoisotopic (exact) mass is 402 g/mol. The van der Waals surface area contributed by atoms with E-state index in [0.29, 0.717) is 9.90 Å². The number of carbonyl (C=O) groups is 1. The zero-order valence-corrected chi connectivity index (χ0v) is 17.2. The second-order valence-corrected chi connectivity index (χ2v) is 9.65. The van der Waals surface area contributed by atoms with Crippen molar-refractivity contribution >= 4 is 28.8 Å². The lowest BCUT2D eigenvalue weighted by molar-refractivity contribution is 0.0933. The van der Waals surface area contributed by atoms with Crippen LogP contribution in [-0.4, -0.2) is 20.7 Å². The fraction of sp³-hybridized carbons (Fsp3) is 0.400. The van der Waals surface area contributed by atoms with E-state index in [2.05, 4.69) is 40.9 Å². The Kier molecular flexibility index (Phi) is 4.64. The van der Waals surface area contributed by atoms with Gasteiger partial charge in [-0.1, -0.05) is 11.6 Å². The van der Waals surface area contributed by atoms with Crippen LogP contribution in [0.5, 0.6) is 0 Å². The molecular formula is C20H23ClN4OS. The first-order chi connectivity index (χ1) is 12.8. The number of H-pyrrole nitrogens is 1. The van der Waals surface area contributed by atoms with Gasteiger partial charge in [-0.3, -0.25) is 9.48 Å². The predicted octanol–water partition coefficient (Wildman–Crippen LogP) is 5.16. The summed E-state index contributed by atoms with van der Waals surface area (Å²) in [6.45, 7) is 6.46. The molecule has 0 unspecified atom stereocenters. The number of halogens is 1. The highest BCUT2D eigenvalue weighted by molar-refractivity contribution is 7.19. The maximum Gasteiger partial charge on any atom is 0.253 e. The number of hydrogen-bond donors (Lipinski definition) is 2. The Labute approximate surface area is 167 Å². The van der Waals surface area contributed by atoms with Gasteiger partial charge >= 0.3 is 0 Å². The van der Waals surface area contributed by atoms with E-state index < -0.39 is 0 Å². The molecule has 1 amide bonds. The van der Waals surface area contributed by atoms with Gasteiger partial charge in [0.25, 0.3) is 5.91 Å². The van der Waals surface area contributed by atoms with E-state index in [4.69, 9.17) is 11.6 Å². The van der Waals surface area contributed by atoms with Gasteiger partial charge in [-0.15, -0.1) is 11.3 Å². The molecule has 0 aromatic carbocycles. The van der Waals surface area contributed by atoms with Gasteiger partial charge in [0.05, 0.1) is 27.7 Å². The zero-order chi connectivity index (χ0) is 19.2. The van der Waals surface area contributed by atoms with Crippen molar-refractivity contribution in [3.63, 3.8) is 0 Å². The van der Waals surface area contributed by atoms with Gasteiger partial charge in [0.2, 0.25) is 0 Å². The highest BCUT2D eigenvalue weighted by atomic mass is 35.5. The number of nitrogens with one attached hydrogen (secondary N) is 2. The van der Waals surface area contributed by atoms with Crippen LogP contribution in [0.3, 0.4) is 0 Å². The summed E-state index contributed by atoms with van der Waals surface area (Å²) >= 11 is 7.53. The molecule has 0 bridgehead atoms. The molecular weight excluding hydrogens is 380 g/mol. The SMILES string of the molecule is CC(C)(C)n1ncc2c1CCC[C@@H]2NC(=O)c1c[nH]cc1-c1ccc(Cl)s1. The Morgan fingerprint density at radius 1 is 1.37 bits per heavy atom. The van der Waals surface area contributed by atoms with Crippen LogP contribution in [0.15, 0.2) is 30.7 Å². The lowest BCUT2D eigenvalue weighted by atomic mass is 9.92. The molecule has 0 aliphatic heterocycles. The third-order valence-electron chi connectivity index (χ3n) is 4.95. The summed E-state index contributed by atoms with van der Waals surface area (Å²) in [6.07, 6.45) is 8.49. The average molecular weight is 403 g/mol. The molecule has 3 heterocycles. The van der Waals surface area contributed by atoms with Gasteiger partial charge < -0.3 is 10.3 Å². The van der Waals surface area contributed by atoms with E-state index in [-0.39, 0.29) is 17.5 Å². The molecule has 0 saturated heterocycles. The topological polar surface area (TPSA) is 62.7 Å². The predicted molar refractivity (Wildman–Crippen MR) is 109 cm³/mol. The van der Waals surface area contributed by atoms with Gasteiger partial charge in [-0.05, 0) is 52.2 Å². The van der Waals surface area contributed by atoms with Crippen molar-refractivity contribution in [2.24, 2.45) is 0 Å². The molecule has 0 radical (unpaired) electrons. The molecule has 7 heteroatoms. The highest BCUT2D eigenvalue weighted by Crippen LogP contribution is 2.35. The minimum absolute atomic E-state index is 0.00739. The second kappa shape index (κ2) is 6.84. The fourth-order valence-electron chi connectivity index (χ4n) is 3.74. The molecule has 0 saturated carbocycles. The van der Waals surface area contributed by atoms with Crippen molar-refractivity contribution in [2.75, 3.05) is 0 Å². The van der Waals surface area contributed by atoms with Crippen LogP contribution in [0.25, 0.3) is 10.4 Å². The van der Waals surface area contributed by atoms with Crippen LogP contribution in [0.2, 0.25) is 4.34 Å². The molecule has 5 nitrogen and oxygen atoms in total. The molecule has 0 spiro atoms. The third kappa shape index (κ3) is 3.44. The number of aromatic amines is 1. The second-order valence-electron chi connectivity index (χ2n) is 7.93. The number of fused-ring (bicyclic) bond motifs is 1. The first-order valence-corrected chi connectivity index (χ1v) is 10.3. The standard InChI is InChI=1S/C20H23ClN4OS/c1-20(2,3)25-16-6-4-5-15(14(16)11-23-25)24-19(26)13-10-22-9-12(13)17-7-8-18(21)27-17/h7-11,15,22H,4-6H2,1-3H3,(H,24,26)/t15-/m0/s1. The molecule has 1 aliphatic rings. The van der Waals surface area contributed by atoms with Crippen molar-refractivity contribution in [2.45, 2.75) is 51.6 Å². The van der Waals surface area contributed by atoms with E-state index in [9.17, 15) is 4.79 Å². The lowest BCUT2D eigenvalue weighted by Gasteiger charge is -2.28. The van der Waals surface area contributed by atoms with Crippen LogP contribution >= 0.6 is 22.9 Å². The molecule has 1 aliphatic carbocycles. The number of amides is 1. The molecule has 4 rings (SSSR count). The number of aromatic nitrogens is 3.